The zero-order chi connectivity index (χ0) is 16.0. The molecule has 0 aromatic heterocycles. The number of rotatable bonds is 3. The molecule has 0 fully saturated rings. The van der Waals surface area contributed by atoms with Gasteiger partial charge in [0.2, 0.25) is 0 Å². The molecular formula is C9H11NO3. The Morgan fingerprint density at radius 3 is 2.69 bits per heavy atom. The van der Waals surface area contributed by atoms with Crippen LogP contribution in [0.4, 0.5) is 0 Å². The molecule has 0 unspecified atom stereocenters. The van der Waals surface area contributed by atoms with E-state index in [9.17, 15) is 9.90 Å². The molecule has 0 amide bonds. The van der Waals surface area contributed by atoms with Crippen LogP contribution >= 0.6 is 0 Å². The number of carboxylic acids is 1. The second-order valence-corrected chi connectivity index (χ2v) is 2.07. The van der Waals surface area contributed by atoms with E-state index in [2.05, 4.69) is 0 Å². The summed E-state index contributed by atoms with van der Waals surface area (Å²) in [6.07, 6.45) is -3.22. The minimum Gasteiger partial charge on any atom is -0.508 e. The molecule has 1 aromatic carbocycles. The van der Waals surface area contributed by atoms with Crippen molar-refractivity contribution in [1.82, 2.24) is 0 Å². The zero-order valence-corrected chi connectivity index (χ0v) is 6.38. The van der Waals surface area contributed by atoms with Crippen molar-refractivity contribution in [2.75, 3.05) is 0 Å². The van der Waals surface area contributed by atoms with Crippen LogP contribution in [0.3, 0.4) is 0 Å². The first-order valence-electron chi connectivity index (χ1n) is 6.69. The number of phenolic OH excluding ortho intramolecular Hbond substituents is 1. The predicted molar refractivity (Wildman–Crippen MR) is 47.4 cm³/mol. The van der Waals surface area contributed by atoms with Crippen LogP contribution in [0.1, 0.15) is 15.2 Å². The monoisotopic (exact) mass is 189 g/mol. The Hall–Kier alpha value is -1.55. The van der Waals surface area contributed by atoms with Crippen molar-refractivity contribution in [3.63, 3.8) is 0 Å². The molecule has 1 aromatic rings. The van der Waals surface area contributed by atoms with Gasteiger partial charge in [-0.1, -0.05) is 12.1 Å². The maximum Gasteiger partial charge on any atom is 0.320 e. The molecule has 4 heteroatoms. The minimum absolute atomic E-state index is 0.939. The molecule has 0 saturated carbocycles. The molecule has 0 bridgehead atoms. The van der Waals surface area contributed by atoms with E-state index in [1.54, 1.807) is 0 Å². The van der Waals surface area contributed by atoms with Crippen LogP contribution in [0.2, 0.25) is 0 Å². The molecule has 0 aliphatic heterocycles. The van der Waals surface area contributed by atoms with Gasteiger partial charge in [-0.3, -0.25) is 4.79 Å². The molecule has 1 rings (SSSR count). The van der Waals surface area contributed by atoms with Gasteiger partial charge in [0.1, 0.15) is 11.8 Å². The molecule has 0 heterocycles. The van der Waals surface area contributed by atoms with Crippen LogP contribution in [0.25, 0.3) is 0 Å². The van der Waals surface area contributed by atoms with E-state index in [-0.39, 0.29) is 0 Å². The lowest BCUT2D eigenvalue weighted by molar-refractivity contribution is -0.138. The normalized spacial score (nSPS) is 23.6. The SMILES string of the molecule is [2H]c1c([2H])c(C([2H])([2H])[C@]([2H])([15NH2])C(=O)O)c([2H])c([2H])c1O. The molecule has 0 radical (unpaired) electrons. The molecule has 4 nitrogen and oxygen atoms in total. The topological polar surface area (TPSA) is 83.6 Å². The molecule has 4 N–H and O–H groups in total. The van der Waals surface area contributed by atoms with Gasteiger partial charge in [-0.25, -0.2) is 0 Å². The summed E-state index contributed by atoms with van der Waals surface area (Å²) in [5, 5.41) is 18.1. The van der Waals surface area contributed by atoms with Crippen LogP contribution in [0, 0.1) is 0 Å². The first kappa shape index (κ1) is 3.67. The number of hydrogen-bond donors (Lipinski definition) is 3. The second kappa shape index (κ2) is 3.91. The fourth-order valence-electron chi connectivity index (χ4n) is 0.557. The summed E-state index contributed by atoms with van der Waals surface area (Å²) in [5.41, 5.74) is 4.09. The summed E-state index contributed by atoms with van der Waals surface area (Å²) in [6, 6.07) is -7.08. The van der Waals surface area contributed by atoms with E-state index in [0.29, 0.717) is 0 Å². The van der Waals surface area contributed by atoms with Crippen molar-refractivity contribution >= 4 is 5.97 Å². The molecular weight excluding hydrogens is 171 g/mol. The van der Waals surface area contributed by atoms with Crippen molar-refractivity contribution in [2.45, 2.75) is 12.4 Å². The number of aliphatic carboxylic acids is 1. The lowest BCUT2D eigenvalue weighted by atomic mass is 10.1. The third-order valence-electron chi connectivity index (χ3n) is 1.10. The quantitative estimate of drug-likeness (QED) is 0.599. The first-order chi connectivity index (χ1) is 8.87. The minimum atomic E-state index is -3.23. The third kappa shape index (κ3) is 2.76. The highest BCUT2D eigenvalue weighted by Crippen LogP contribution is 2.10. The van der Waals surface area contributed by atoms with Crippen molar-refractivity contribution in [3.8, 4) is 5.75 Å². The summed E-state index contributed by atoms with van der Waals surface area (Å²) in [6.45, 7) is 0. The lowest BCUT2D eigenvalue weighted by Crippen LogP contribution is -2.32. The van der Waals surface area contributed by atoms with Gasteiger partial charge in [0.25, 0.3) is 0 Å². The molecule has 70 valence electrons. The number of carbonyl (C=O) groups is 1. The third-order valence-corrected chi connectivity index (χ3v) is 1.10. The lowest BCUT2D eigenvalue weighted by Gasteiger charge is -2.05. The number of hydrogen-bond acceptors (Lipinski definition) is 3. The van der Waals surface area contributed by atoms with Crippen molar-refractivity contribution in [3.05, 3.63) is 29.7 Å². The molecule has 0 spiro atoms. The summed E-state index contributed by atoms with van der Waals surface area (Å²) < 4.78 is 52.4. The van der Waals surface area contributed by atoms with Gasteiger partial charge in [-0.15, -0.1) is 0 Å². The smallest absolute Gasteiger partial charge is 0.320 e. The largest absolute Gasteiger partial charge is 0.508 e. The van der Waals surface area contributed by atoms with Gasteiger partial charge < -0.3 is 15.9 Å². The zero-order valence-electron chi connectivity index (χ0n) is 13.4. The van der Waals surface area contributed by atoms with Crippen molar-refractivity contribution in [1.29, 1.82) is 0 Å². The van der Waals surface area contributed by atoms with E-state index >= 15 is 0 Å². The van der Waals surface area contributed by atoms with E-state index < -0.39 is 53.8 Å². The number of benzene rings is 1. The summed E-state index contributed by atoms with van der Waals surface area (Å²) in [4.78, 5) is 10.9. The van der Waals surface area contributed by atoms with Gasteiger partial charge in [0.05, 0.1) is 6.85 Å². The van der Waals surface area contributed by atoms with Crippen molar-refractivity contribution in [2.24, 2.45) is 5.73 Å². The van der Waals surface area contributed by atoms with E-state index in [1.165, 1.54) is 0 Å². The Balaban J connectivity index is 3.76. The molecule has 13 heavy (non-hydrogen) atoms. The maximum atomic E-state index is 10.9. The summed E-state index contributed by atoms with van der Waals surface area (Å²) in [5.74, 6) is -3.03. The van der Waals surface area contributed by atoms with E-state index in [4.69, 9.17) is 20.4 Å². The molecule has 0 aliphatic rings. The van der Waals surface area contributed by atoms with E-state index in [1.807, 2.05) is 0 Å². The maximum absolute atomic E-state index is 10.9. The van der Waals surface area contributed by atoms with Gasteiger partial charge in [0.15, 0.2) is 0 Å². The van der Waals surface area contributed by atoms with Crippen molar-refractivity contribution < 1.29 is 24.6 Å². The highest BCUT2D eigenvalue weighted by atomic mass is 16.4. The molecule has 0 saturated heterocycles. The number of carboxylic acid groups (broad SMARTS) is 1. The second-order valence-electron chi connectivity index (χ2n) is 2.07. The fraction of sp³-hybridized carbons (Fsp3) is 0.222. The Labute approximate surface area is 85.5 Å². The van der Waals surface area contributed by atoms with Crippen LogP contribution in [-0.4, -0.2) is 22.2 Å². The number of phenols is 1. The van der Waals surface area contributed by atoms with Gasteiger partial charge in [0, 0.05) is 2.74 Å². The van der Waals surface area contributed by atoms with Crippen LogP contribution in [0.15, 0.2) is 24.2 Å². The highest BCUT2D eigenvalue weighted by molar-refractivity contribution is 5.73. The Morgan fingerprint density at radius 1 is 1.69 bits per heavy atom. The Bertz CT molecular complexity index is 558. The standard InChI is InChI=1S/C9H11NO3/c10-8(9(12)13)5-6-1-3-7(11)4-2-6/h1-4,8,11H,5,10H2,(H,12,13)/t8-/m0/s1/i1D,2D,3D,4D,5D2,8D,10+1. The molecule has 1 atom stereocenters. The molecule has 0 aliphatic carbocycles. The average Bonchev–Trinajstić information content (AvgIpc) is 2.33. The van der Waals surface area contributed by atoms with E-state index in [0.717, 1.165) is 0 Å². The average molecular weight is 189 g/mol. The number of aromatic hydroxyl groups is 1. The van der Waals surface area contributed by atoms with Gasteiger partial charge >= 0.3 is 5.97 Å². The highest BCUT2D eigenvalue weighted by Gasteiger charge is 2.11. The Kier molecular flexibility index (Phi) is 1.10. The fourth-order valence-corrected chi connectivity index (χ4v) is 0.557. The number of nitrogens with two attached hydrogens (primary N) is 1. The summed E-state index contributed by atoms with van der Waals surface area (Å²) in [7, 11) is 0. The Morgan fingerprint density at radius 2 is 2.23 bits per heavy atom. The van der Waals surface area contributed by atoms with Gasteiger partial charge in [-0.2, -0.15) is 0 Å². The predicted octanol–water partition coefficient (Wildman–Crippen LogP) is 0.347. The van der Waals surface area contributed by atoms with Gasteiger partial charge in [-0.05, 0) is 24.0 Å². The van der Waals surface area contributed by atoms with Crippen LogP contribution < -0.4 is 5.73 Å². The first-order valence-corrected chi connectivity index (χ1v) is 3.19. The van der Waals surface area contributed by atoms with Crippen LogP contribution in [0.5, 0.6) is 5.75 Å². The van der Waals surface area contributed by atoms with Crippen LogP contribution in [-0.2, 0) is 11.2 Å². The summed E-state index contributed by atoms with van der Waals surface area (Å²) >= 11 is 0.